The van der Waals surface area contributed by atoms with E-state index in [0.29, 0.717) is 70.4 Å². The standard InChI is InChI=1S/C54H71N7O20S3/c1-13-55-41-22-26(4)83(72,73)54-38(41)25-44(82-54)84(74,75)60-46(64)29(7)77-50(68)31(9)79-52(70)33(11)81-53(71)34(12)80-51(69)32(10)78-49(67)30(8)76-43(63)19-18-42(62)58-35-16-17-39-36(23-35)37(47(65)59-39)24-40-27(5)45(28(6)57-40)48(66)56-20-21-61(14-2)15-3/h16-17,23-26,29-34,41,55,57H,13-15,18-22H2,1-12H3,(H,56,66)(H,58,62)(H,59,65)(H,60,64)/b37-24-/t26-,29?,30?,31?,32?,33?,34?,41-/m0/s1. The number of amides is 4. The Morgan fingerprint density at radius 3 is 1.85 bits per heavy atom. The number of nitrogens with one attached hydrogen (secondary N) is 6. The number of fused-ring (bicyclic) bond motifs is 2. The summed E-state index contributed by atoms with van der Waals surface area (Å²) in [5.41, 5.74) is 4.07. The van der Waals surface area contributed by atoms with E-state index in [4.69, 9.17) is 28.4 Å². The van der Waals surface area contributed by atoms with Gasteiger partial charge in [0.1, 0.15) is 8.42 Å². The summed E-state index contributed by atoms with van der Waals surface area (Å²) in [5.74, 6) is -9.88. The predicted octanol–water partition coefficient (Wildman–Crippen LogP) is 3.29. The topological polar surface area (TPSA) is 374 Å². The van der Waals surface area contributed by atoms with Crippen LogP contribution in [0.1, 0.15) is 133 Å². The van der Waals surface area contributed by atoms with Crippen molar-refractivity contribution in [1.82, 2.24) is 25.2 Å². The summed E-state index contributed by atoms with van der Waals surface area (Å²) in [6.07, 6.45) is -9.22. The van der Waals surface area contributed by atoms with Crippen LogP contribution in [-0.4, -0.2) is 161 Å². The van der Waals surface area contributed by atoms with Crippen molar-refractivity contribution in [3.8, 4) is 0 Å². The highest BCUT2D eigenvalue weighted by Crippen LogP contribution is 2.43. The second-order valence-electron chi connectivity index (χ2n) is 19.8. The number of benzene rings is 1. The van der Waals surface area contributed by atoms with Crippen LogP contribution < -0.4 is 26.0 Å². The first kappa shape index (κ1) is 67.3. The van der Waals surface area contributed by atoms with E-state index in [2.05, 4.69) is 31.2 Å². The Kier molecular flexibility index (Phi) is 23.1. The number of likely N-dealkylation sites (N-methyl/N-ethyl adjacent to an activating group) is 1. The number of sulfone groups is 1. The number of H-pyrrole nitrogens is 1. The molecule has 4 amide bonds. The zero-order valence-corrected chi connectivity index (χ0v) is 50.9. The molecule has 0 saturated heterocycles. The average molecular weight is 1230 g/mol. The first-order valence-electron chi connectivity index (χ1n) is 26.9. The summed E-state index contributed by atoms with van der Waals surface area (Å²) in [5, 5.41) is 10.7. The summed E-state index contributed by atoms with van der Waals surface area (Å²) in [6, 6.07) is 5.43. The number of aromatic amines is 1. The van der Waals surface area contributed by atoms with Crippen LogP contribution in [0.25, 0.3) is 11.6 Å². The molecule has 30 heteroatoms. The van der Waals surface area contributed by atoms with Gasteiger partial charge in [-0.2, -0.15) is 0 Å². The second-order valence-corrected chi connectivity index (χ2v) is 25.3. The molecule has 6 N–H and O–H groups in total. The fourth-order valence-corrected chi connectivity index (χ4v) is 13.6. The molecular formula is C54H71N7O20S3. The van der Waals surface area contributed by atoms with E-state index < -0.39 is 132 Å². The van der Waals surface area contributed by atoms with Gasteiger partial charge in [0.15, 0.2) is 46.5 Å². The van der Waals surface area contributed by atoms with Gasteiger partial charge < -0.3 is 59.6 Å². The number of carbonyl (C=O) groups excluding carboxylic acids is 10. The number of thiophene rings is 1. The van der Waals surface area contributed by atoms with Gasteiger partial charge in [0, 0.05) is 59.4 Å². The van der Waals surface area contributed by atoms with E-state index in [1.54, 1.807) is 49.8 Å². The summed E-state index contributed by atoms with van der Waals surface area (Å²) in [7, 11) is -8.50. The SMILES string of the molecule is CCN[C@H]1C[C@H](C)S(=O)(=O)c2sc(S(=O)(=O)NC(=O)C(C)OC(=O)C(C)OC(=O)C(C)OC(=O)C(C)OC(=O)C(C)OC(=O)C(C)OC(=O)CCC(=O)Nc3ccc4c(c3)/C(=C/c3[nH]c(C)c(C(=O)NCCN(CC)CC)c3C)C(=O)N4)cc21. The van der Waals surface area contributed by atoms with Crippen molar-refractivity contribution in [3.63, 3.8) is 0 Å². The van der Waals surface area contributed by atoms with Crippen molar-refractivity contribution in [2.24, 2.45) is 0 Å². The molecule has 0 spiro atoms. The molecule has 1 aromatic carbocycles. The highest BCUT2D eigenvalue weighted by molar-refractivity contribution is 7.95. The molecule has 0 radical (unpaired) electrons. The number of aromatic nitrogens is 1. The first-order chi connectivity index (χ1) is 39.3. The van der Waals surface area contributed by atoms with Crippen LogP contribution in [0.4, 0.5) is 11.4 Å². The molecule has 2 aromatic heterocycles. The number of hydrogen-bond acceptors (Lipinski definition) is 23. The highest BCUT2D eigenvalue weighted by Gasteiger charge is 2.41. The van der Waals surface area contributed by atoms with Gasteiger partial charge in [-0.3, -0.25) is 24.0 Å². The molecular weight excluding hydrogens is 1160 g/mol. The number of nitrogens with zero attached hydrogens (tertiary/aromatic N) is 1. The Morgan fingerprint density at radius 2 is 1.31 bits per heavy atom. The zero-order chi connectivity index (χ0) is 62.7. The molecule has 3 aromatic rings. The fourth-order valence-electron chi connectivity index (χ4n) is 8.54. The number of ether oxygens (including phenoxy) is 6. The first-order valence-corrected chi connectivity index (χ1v) is 30.7. The summed E-state index contributed by atoms with van der Waals surface area (Å²) < 4.78 is 83.6. The van der Waals surface area contributed by atoms with Gasteiger partial charge in [-0.1, -0.05) is 20.8 Å². The van der Waals surface area contributed by atoms with Gasteiger partial charge in [-0.15, -0.1) is 11.3 Å². The third-order valence-electron chi connectivity index (χ3n) is 13.4. The van der Waals surface area contributed by atoms with Crippen LogP contribution in [0.3, 0.4) is 0 Å². The third-order valence-corrected chi connectivity index (χ3v) is 19.1. The monoisotopic (exact) mass is 1230 g/mol. The van der Waals surface area contributed by atoms with E-state index in [1.807, 2.05) is 13.8 Å². The minimum atomic E-state index is -4.65. The molecule has 0 bridgehead atoms. The number of rotatable bonds is 27. The molecule has 0 fully saturated rings. The van der Waals surface area contributed by atoms with Gasteiger partial charge in [-0.05, 0) is 124 Å². The lowest BCUT2D eigenvalue weighted by molar-refractivity contribution is -0.187. The normalized spacial score (nSPS) is 17.8. The van der Waals surface area contributed by atoms with Gasteiger partial charge in [0.05, 0.1) is 22.8 Å². The summed E-state index contributed by atoms with van der Waals surface area (Å²) in [4.78, 5) is 134. The maximum atomic E-state index is 13.2. The molecule has 6 unspecified atom stereocenters. The van der Waals surface area contributed by atoms with Gasteiger partial charge in [0.2, 0.25) is 5.91 Å². The molecule has 2 aliphatic rings. The number of sulfonamides is 1. The van der Waals surface area contributed by atoms with E-state index in [9.17, 15) is 64.8 Å². The van der Waals surface area contributed by atoms with E-state index in [-0.39, 0.29) is 34.1 Å². The van der Waals surface area contributed by atoms with Gasteiger partial charge >= 0.3 is 35.8 Å². The van der Waals surface area contributed by atoms with Crippen LogP contribution in [0.5, 0.6) is 0 Å². The van der Waals surface area contributed by atoms with Gasteiger partial charge in [-0.25, -0.2) is 45.5 Å². The molecule has 2 aliphatic heterocycles. The molecule has 460 valence electrons. The number of aryl methyl sites for hydroxylation is 1. The third kappa shape index (κ3) is 16.8. The Labute approximate surface area is 489 Å². The minimum absolute atomic E-state index is 0.147. The van der Waals surface area contributed by atoms with Crippen molar-refractivity contribution in [3.05, 3.63) is 57.9 Å². The van der Waals surface area contributed by atoms with Crippen molar-refractivity contribution < 1.29 is 93.2 Å². The van der Waals surface area contributed by atoms with Crippen molar-refractivity contribution >= 4 is 114 Å². The molecule has 0 saturated carbocycles. The summed E-state index contributed by atoms with van der Waals surface area (Å²) in [6.45, 7) is 20.7. The number of hydrogen-bond donors (Lipinski definition) is 6. The smallest absolute Gasteiger partial charge is 0.347 e. The lowest BCUT2D eigenvalue weighted by atomic mass is 10.0. The quantitative estimate of drug-likeness (QED) is 0.0362. The Balaban J connectivity index is 1.02. The van der Waals surface area contributed by atoms with Gasteiger partial charge in [0.25, 0.3) is 27.7 Å². The van der Waals surface area contributed by atoms with Crippen molar-refractivity contribution in [2.45, 2.75) is 159 Å². The Bertz CT molecular complexity index is 3310. The predicted molar refractivity (Wildman–Crippen MR) is 302 cm³/mol. The molecule has 5 rings (SSSR count). The molecule has 8 atom stereocenters. The molecule has 27 nitrogen and oxygen atoms in total. The van der Waals surface area contributed by atoms with E-state index in [1.165, 1.54) is 13.0 Å². The molecule has 0 aliphatic carbocycles. The molecule has 4 heterocycles. The highest BCUT2D eigenvalue weighted by atomic mass is 32.3. The van der Waals surface area contributed by atoms with Crippen molar-refractivity contribution in [1.29, 1.82) is 0 Å². The number of carbonyl (C=O) groups is 10. The lowest BCUT2D eigenvalue weighted by Crippen LogP contribution is -2.41. The maximum Gasteiger partial charge on any atom is 0.347 e. The minimum Gasteiger partial charge on any atom is -0.451 e. The molecule has 84 heavy (non-hydrogen) atoms. The number of anilines is 2. The number of esters is 6. The van der Waals surface area contributed by atoms with Crippen LogP contribution in [0, 0.1) is 13.8 Å². The summed E-state index contributed by atoms with van der Waals surface area (Å²) >= 11 is 0.476. The van der Waals surface area contributed by atoms with E-state index >= 15 is 0 Å². The maximum absolute atomic E-state index is 13.2. The second kappa shape index (κ2) is 28.8. The van der Waals surface area contributed by atoms with Crippen LogP contribution in [0.2, 0.25) is 0 Å². The largest absolute Gasteiger partial charge is 0.451 e. The van der Waals surface area contributed by atoms with Crippen molar-refractivity contribution in [2.75, 3.05) is 43.4 Å². The zero-order valence-electron chi connectivity index (χ0n) is 48.5. The van der Waals surface area contributed by atoms with Crippen LogP contribution in [-0.2, 0) is 91.4 Å². The lowest BCUT2D eigenvalue weighted by Gasteiger charge is -2.27. The van der Waals surface area contributed by atoms with E-state index in [0.717, 1.165) is 54.6 Å². The average Bonchev–Trinajstić information content (AvgIpc) is 4.16. The fraction of sp³-hybridized carbons (Fsp3) is 0.519. The van der Waals surface area contributed by atoms with Crippen LogP contribution >= 0.6 is 11.3 Å². The Morgan fingerprint density at radius 1 is 0.774 bits per heavy atom. The van der Waals surface area contributed by atoms with Crippen LogP contribution in [0.15, 0.2) is 32.7 Å². The Hall–Kier alpha value is -7.54.